The highest BCUT2D eigenvalue weighted by molar-refractivity contribution is 5.70. The van der Waals surface area contributed by atoms with Crippen LogP contribution in [0.5, 0.6) is 0 Å². The molecule has 0 spiro atoms. The number of carbonyl (C=O) groups is 2. The smallest absolute Gasteiger partial charge is 0.306 e. The third kappa shape index (κ3) is 56.1. The summed E-state index contributed by atoms with van der Waals surface area (Å²) in [6.45, 7) is 7.36. The molecule has 0 rings (SSSR count). The number of hydrogen-bond donors (Lipinski definition) is 0. The summed E-state index contributed by atoms with van der Waals surface area (Å²) in [5.74, 6) is -0.485. The molecular formula is C65H102O5. The molecule has 0 N–H and O–H groups in total. The highest BCUT2D eigenvalue weighted by atomic mass is 16.6. The van der Waals surface area contributed by atoms with Crippen LogP contribution in [0.1, 0.15) is 213 Å². The zero-order valence-corrected chi connectivity index (χ0v) is 45.0. The molecule has 5 heteroatoms. The molecule has 0 aromatic carbocycles. The van der Waals surface area contributed by atoms with Crippen molar-refractivity contribution in [3.8, 4) is 0 Å². The topological polar surface area (TPSA) is 61.8 Å². The molecule has 0 aromatic heterocycles. The van der Waals surface area contributed by atoms with E-state index in [9.17, 15) is 9.59 Å². The van der Waals surface area contributed by atoms with Crippen molar-refractivity contribution in [1.82, 2.24) is 0 Å². The van der Waals surface area contributed by atoms with Gasteiger partial charge in [0.1, 0.15) is 6.61 Å². The average Bonchev–Trinajstić information content (AvgIpc) is 3.36. The quantitative estimate of drug-likeness (QED) is 0.0345. The summed E-state index contributed by atoms with van der Waals surface area (Å²) in [4.78, 5) is 25.5. The predicted octanol–water partition coefficient (Wildman–Crippen LogP) is 19.5. The van der Waals surface area contributed by atoms with Gasteiger partial charge in [0, 0.05) is 19.4 Å². The van der Waals surface area contributed by atoms with Crippen molar-refractivity contribution in [3.05, 3.63) is 158 Å². The van der Waals surface area contributed by atoms with Crippen molar-refractivity contribution < 1.29 is 23.8 Å². The Morgan fingerprint density at radius 3 is 0.971 bits per heavy atom. The summed E-state index contributed by atoms with van der Waals surface area (Å²) in [6.07, 6.45) is 86.9. The maximum absolute atomic E-state index is 12.9. The van der Waals surface area contributed by atoms with Crippen LogP contribution in [-0.2, 0) is 23.8 Å². The van der Waals surface area contributed by atoms with Gasteiger partial charge in [-0.1, -0.05) is 217 Å². The first-order chi connectivity index (χ1) is 34.6. The minimum absolute atomic E-state index is 0.0385. The lowest BCUT2D eigenvalue weighted by Crippen LogP contribution is -2.30. The Balaban J connectivity index is 4.47. The summed E-state index contributed by atoms with van der Waals surface area (Å²) in [7, 11) is 0. The van der Waals surface area contributed by atoms with Crippen molar-refractivity contribution in [2.75, 3.05) is 19.8 Å². The Bertz CT molecular complexity index is 1560. The minimum atomic E-state index is -0.587. The molecule has 0 aliphatic rings. The van der Waals surface area contributed by atoms with Crippen molar-refractivity contribution in [2.24, 2.45) is 0 Å². The Morgan fingerprint density at radius 1 is 0.314 bits per heavy atom. The summed E-state index contributed by atoms with van der Waals surface area (Å²) in [6, 6.07) is 0. The van der Waals surface area contributed by atoms with E-state index in [-0.39, 0.29) is 25.2 Å². The largest absolute Gasteiger partial charge is 0.462 e. The minimum Gasteiger partial charge on any atom is -0.462 e. The molecule has 1 unspecified atom stereocenters. The van der Waals surface area contributed by atoms with Crippen molar-refractivity contribution in [3.63, 3.8) is 0 Å². The van der Waals surface area contributed by atoms with Gasteiger partial charge in [0.15, 0.2) is 6.10 Å². The van der Waals surface area contributed by atoms with Crippen LogP contribution in [0.2, 0.25) is 0 Å². The molecule has 0 bridgehead atoms. The van der Waals surface area contributed by atoms with E-state index in [0.717, 1.165) is 161 Å². The van der Waals surface area contributed by atoms with Crippen molar-refractivity contribution in [1.29, 1.82) is 0 Å². The lowest BCUT2D eigenvalue weighted by molar-refractivity contribution is -0.163. The standard InChI is InChI=1S/C65H102O5/c1-4-7-10-13-16-19-22-25-28-31-33-35-37-40-43-46-49-52-55-58-64(66)69-62-63(61-68-60-57-54-51-48-45-42-39-36-32-29-26-23-20-17-14-11-8-5-2)70-65(67)59-56-53-50-47-44-41-38-34-30-27-24-21-18-15-12-9-6-3/h7-12,16-21,25-30,33,35-36,38-41,43,63H,4-6,13-15,22-24,31-32,34,37,42,44-62H2,1-3H3/b10-7-,11-8-,12-9-,19-16-,20-17-,21-18-,28-25-,29-26-,30-27-,35-33-,39-36-,41-38-,43-40-. The van der Waals surface area contributed by atoms with Crippen LogP contribution >= 0.6 is 0 Å². The van der Waals surface area contributed by atoms with Crippen molar-refractivity contribution in [2.45, 2.75) is 219 Å². The van der Waals surface area contributed by atoms with Gasteiger partial charge in [0.2, 0.25) is 0 Å². The maximum atomic E-state index is 12.9. The summed E-state index contributed by atoms with van der Waals surface area (Å²) >= 11 is 0. The van der Waals surface area contributed by atoms with Crippen LogP contribution < -0.4 is 0 Å². The van der Waals surface area contributed by atoms with E-state index in [1.807, 2.05) is 0 Å². The predicted molar refractivity (Wildman–Crippen MR) is 306 cm³/mol. The lowest BCUT2D eigenvalue weighted by atomic mass is 10.1. The van der Waals surface area contributed by atoms with Crippen LogP contribution in [-0.4, -0.2) is 37.9 Å². The molecule has 70 heavy (non-hydrogen) atoms. The van der Waals surface area contributed by atoms with E-state index in [1.54, 1.807) is 0 Å². The van der Waals surface area contributed by atoms with Crippen LogP contribution in [0.3, 0.4) is 0 Å². The maximum Gasteiger partial charge on any atom is 0.306 e. The van der Waals surface area contributed by atoms with Gasteiger partial charge in [0.25, 0.3) is 0 Å². The molecular weight excluding hydrogens is 861 g/mol. The zero-order chi connectivity index (χ0) is 50.6. The molecule has 0 aliphatic heterocycles. The molecule has 0 aliphatic carbocycles. The first-order valence-electron chi connectivity index (χ1n) is 28.0. The second-order valence-electron chi connectivity index (χ2n) is 17.7. The average molecular weight is 964 g/mol. The van der Waals surface area contributed by atoms with Crippen LogP contribution in [0.25, 0.3) is 0 Å². The van der Waals surface area contributed by atoms with Crippen LogP contribution in [0.15, 0.2) is 158 Å². The Kier molecular flexibility index (Phi) is 55.1. The molecule has 392 valence electrons. The molecule has 0 saturated heterocycles. The number of unbranched alkanes of at least 4 members (excludes halogenated alkanes) is 12. The highest BCUT2D eigenvalue weighted by Gasteiger charge is 2.17. The van der Waals surface area contributed by atoms with Gasteiger partial charge in [-0.2, -0.15) is 0 Å². The Hall–Kier alpha value is -4.48. The molecule has 1 atom stereocenters. The van der Waals surface area contributed by atoms with Crippen molar-refractivity contribution >= 4 is 11.9 Å². The molecule has 0 aromatic rings. The number of allylic oxidation sites excluding steroid dienone is 26. The monoisotopic (exact) mass is 963 g/mol. The summed E-state index contributed by atoms with van der Waals surface area (Å²) < 4.78 is 17.4. The SMILES string of the molecule is CC/C=C\C/C=C\C/C=C\C/C=C\C/C=C\CCCCCC(=O)OCC(COCCCCCCC/C=C\C/C=C\C/C=C\C/C=C\CC)OC(=O)CCCCCC/C=C\C/C=C\C/C=C\C/C=C\CC. The fourth-order valence-corrected chi connectivity index (χ4v) is 6.99. The van der Waals surface area contributed by atoms with Gasteiger partial charge >= 0.3 is 11.9 Å². The van der Waals surface area contributed by atoms with Gasteiger partial charge in [0.05, 0.1) is 6.61 Å². The first-order valence-corrected chi connectivity index (χ1v) is 28.0. The van der Waals surface area contributed by atoms with Gasteiger partial charge in [-0.3, -0.25) is 9.59 Å². The third-order valence-electron chi connectivity index (χ3n) is 11.0. The van der Waals surface area contributed by atoms with E-state index < -0.39 is 6.10 Å². The number of ether oxygens (including phenoxy) is 3. The normalized spacial score (nSPS) is 13.5. The fourth-order valence-electron chi connectivity index (χ4n) is 6.99. The second-order valence-corrected chi connectivity index (χ2v) is 17.7. The fraction of sp³-hybridized carbons (Fsp3) is 0.569. The number of esters is 2. The number of hydrogen-bond acceptors (Lipinski definition) is 5. The van der Waals surface area contributed by atoms with E-state index >= 15 is 0 Å². The Labute approximate surface area is 431 Å². The summed E-state index contributed by atoms with van der Waals surface area (Å²) in [5.41, 5.74) is 0. The van der Waals surface area contributed by atoms with E-state index in [2.05, 4.69) is 179 Å². The van der Waals surface area contributed by atoms with Gasteiger partial charge in [-0.05, 0) is 141 Å². The van der Waals surface area contributed by atoms with Gasteiger partial charge in [-0.15, -0.1) is 0 Å². The van der Waals surface area contributed by atoms with E-state index in [4.69, 9.17) is 14.2 Å². The highest BCUT2D eigenvalue weighted by Crippen LogP contribution is 2.12. The van der Waals surface area contributed by atoms with E-state index in [0.29, 0.717) is 19.4 Å². The molecule has 0 fully saturated rings. The van der Waals surface area contributed by atoms with Crippen LogP contribution in [0, 0.1) is 0 Å². The molecule has 0 radical (unpaired) electrons. The third-order valence-corrected chi connectivity index (χ3v) is 11.0. The Morgan fingerprint density at radius 2 is 0.600 bits per heavy atom. The van der Waals surface area contributed by atoms with Crippen LogP contribution in [0.4, 0.5) is 0 Å². The molecule has 0 saturated carbocycles. The zero-order valence-electron chi connectivity index (χ0n) is 45.0. The number of rotatable bonds is 49. The number of carbonyl (C=O) groups excluding carboxylic acids is 2. The molecule has 0 heterocycles. The van der Waals surface area contributed by atoms with Gasteiger partial charge < -0.3 is 14.2 Å². The second kappa shape index (κ2) is 58.8. The molecule has 5 nitrogen and oxygen atoms in total. The van der Waals surface area contributed by atoms with Gasteiger partial charge in [-0.25, -0.2) is 0 Å². The first kappa shape index (κ1) is 65.5. The summed E-state index contributed by atoms with van der Waals surface area (Å²) in [5, 5.41) is 0. The lowest BCUT2D eigenvalue weighted by Gasteiger charge is -2.18. The molecule has 0 amide bonds. The van der Waals surface area contributed by atoms with E-state index in [1.165, 1.54) is 19.3 Å².